The second-order valence-electron chi connectivity index (χ2n) is 5.67. The van der Waals surface area contributed by atoms with Gasteiger partial charge in [0.05, 0.1) is 10.6 Å². The molecule has 2 fully saturated rings. The van der Waals surface area contributed by atoms with Gasteiger partial charge in [-0.1, -0.05) is 11.6 Å². The predicted molar refractivity (Wildman–Crippen MR) is 83.4 cm³/mol. The zero-order chi connectivity index (χ0) is 14.1. The summed E-state index contributed by atoms with van der Waals surface area (Å²) in [4.78, 5) is 2.51. The molecule has 3 nitrogen and oxygen atoms in total. The van der Waals surface area contributed by atoms with Gasteiger partial charge in [0.15, 0.2) is 0 Å². The highest BCUT2D eigenvalue weighted by Crippen LogP contribution is 2.35. The summed E-state index contributed by atoms with van der Waals surface area (Å²) in [5, 5.41) is 10.5. The molecule has 0 spiro atoms. The standard InChI is InChI=1S/C15H19BrClNO2/c16-14-7-10(17)1-4-15(14)20-6-5-18-11-2-3-12(18)9-13(19)8-11/h1,4,7,11-13,19H,2-3,5-6,8-9H2. The van der Waals surface area contributed by atoms with Crippen LogP contribution in [-0.2, 0) is 0 Å². The van der Waals surface area contributed by atoms with Crippen LogP contribution in [-0.4, -0.2) is 41.3 Å². The van der Waals surface area contributed by atoms with E-state index in [0.717, 1.165) is 29.6 Å². The largest absolute Gasteiger partial charge is 0.491 e. The predicted octanol–water partition coefficient (Wildman–Crippen LogP) is 3.47. The number of hydrogen-bond acceptors (Lipinski definition) is 3. The van der Waals surface area contributed by atoms with Crippen molar-refractivity contribution in [3.05, 3.63) is 27.7 Å². The fraction of sp³-hybridized carbons (Fsp3) is 0.600. The normalized spacial score (nSPS) is 29.6. The van der Waals surface area contributed by atoms with Crippen LogP contribution in [0.25, 0.3) is 0 Å². The lowest BCUT2D eigenvalue weighted by Crippen LogP contribution is -2.46. The highest BCUT2D eigenvalue weighted by molar-refractivity contribution is 9.10. The van der Waals surface area contributed by atoms with Crippen LogP contribution in [0.5, 0.6) is 5.75 Å². The second kappa shape index (κ2) is 6.22. The van der Waals surface area contributed by atoms with E-state index in [1.807, 2.05) is 18.2 Å². The van der Waals surface area contributed by atoms with Crippen molar-refractivity contribution in [2.75, 3.05) is 13.2 Å². The molecule has 5 heteroatoms. The maximum atomic E-state index is 9.80. The quantitative estimate of drug-likeness (QED) is 0.892. The van der Waals surface area contributed by atoms with Gasteiger partial charge in [-0.2, -0.15) is 0 Å². The molecule has 20 heavy (non-hydrogen) atoms. The van der Waals surface area contributed by atoms with Gasteiger partial charge in [0.1, 0.15) is 12.4 Å². The number of piperidine rings is 1. The molecule has 2 atom stereocenters. The van der Waals surface area contributed by atoms with Crippen molar-refractivity contribution in [1.29, 1.82) is 0 Å². The Kier molecular flexibility index (Phi) is 4.55. The SMILES string of the molecule is OC1CC2CCC(C1)N2CCOc1ccc(Cl)cc1Br. The molecule has 2 aliphatic rings. The van der Waals surface area contributed by atoms with E-state index in [-0.39, 0.29) is 6.10 Å². The number of nitrogens with zero attached hydrogens (tertiary/aromatic N) is 1. The van der Waals surface area contributed by atoms with Crippen molar-refractivity contribution in [1.82, 2.24) is 4.90 Å². The van der Waals surface area contributed by atoms with Gasteiger partial charge < -0.3 is 9.84 Å². The number of halogens is 2. The van der Waals surface area contributed by atoms with Crippen LogP contribution in [0.4, 0.5) is 0 Å². The third-order valence-electron chi connectivity index (χ3n) is 4.36. The van der Waals surface area contributed by atoms with Gasteiger partial charge in [-0.15, -0.1) is 0 Å². The molecule has 1 N–H and O–H groups in total. The van der Waals surface area contributed by atoms with Crippen LogP contribution in [0.1, 0.15) is 25.7 Å². The molecule has 0 radical (unpaired) electrons. The van der Waals surface area contributed by atoms with Crippen molar-refractivity contribution in [3.63, 3.8) is 0 Å². The number of fused-ring (bicyclic) bond motifs is 2. The van der Waals surface area contributed by atoms with Crippen LogP contribution in [0.2, 0.25) is 5.02 Å². The number of benzene rings is 1. The third-order valence-corrected chi connectivity index (χ3v) is 5.22. The van der Waals surface area contributed by atoms with E-state index >= 15 is 0 Å². The van der Waals surface area contributed by atoms with Crippen molar-refractivity contribution in [2.24, 2.45) is 0 Å². The first-order valence-corrected chi connectivity index (χ1v) is 8.32. The van der Waals surface area contributed by atoms with Gasteiger partial charge >= 0.3 is 0 Å². The molecule has 2 aliphatic heterocycles. The Bertz CT molecular complexity index is 471. The summed E-state index contributed by atoms with van der Waals surface area (Å²) in [5.41, 5.74) is 0. The van der Waals surface area contributed by atoms with E-state index in [0.29, 0.717) is 23.7 Å². The lowest BCUT2D eigenvalue weighted by molar-refractivity contribution is 0.0287. The molecule has 3 rings (SSSR count). The molecule has 0 aromatic heterocycles. The van der Waals surface area contributed by atoms with Gasteiger partial charge in [0.2, 0.25) is 0 Å². The van der Waals surface area contributed by atoms with Crippen molar-refractivity contribution in [2.45, 2.75) is 43.9 Å². The van der Waals surface area contributed by atoms with Gasteiger partial charge in [-0.3, -0.25) is 4.90 Å². The minimum absolute atomic E-state index is 0.102. The van der Waals surface area contributed by atoms with Gasteiger partial charge in [0, 0.05) is 23.7 Å². The summed E-state index contributed by atoms with van der Waals surface area (Å²) in [7, 11) is 0. The monoisotopic (exact) mass is 359 g/mol. The first-order chi connectivity index (χ1) is 9.63. The smallest absolute Gasteiger partial charge is 0.133 e. The Morgan fingerprint density at radius 1 is 1.30 bits per heavy atom. The lowest BCUT2D eigenvalue weighted by Gasteiger charge is -2.36. The third kappa shape index (κ3) is 3.14. The average molecular weight is 361 g/mol. The molecule has 2 saturated heterocycles. The van der Waals surface area contributed by atoms with Crippen LogP contribution in [0, 0.1) is 0 Å². The Morgan fingerprint density at radius 2 is 2.00 bits per heavy atom. The summed E-state index contributed by atoms with van der Waals surface area (Å²) in [6.07, 6.45) is 4.16. The molecule has 2 unspecified atom stereocenters. The number of aliphatic hydroxyl groups is 1. The Labute approximate surface area is 133 Å². The van der Waals surface area contributed by atoms with E-state index in [9.17, 15) is 5.11 Å². The molecule has 0 aliphatic carbocycles. The number of hydrogen-bond donors (Lipinski definition) is 1. The zero-order valence-corrected chi connectivity index (χ0v) is 13.6. The molecule has 0 amide bonds. The van der Waals surface area contributed by atoms with E-state index in [4.69, 9.17) is 16.3 Å². The number of rotatable bonds is 4. The van der Waals surface area contributed by atoms with Crippen molar-refractivity contribution in [3.8, 4) is 5.75 Å². The van der Waals surface area contributed by atoms with Gasteiger partial charge in [-0.25, -0.2) is 0 Å². The number of ether oxygens (including phenoxy) is 1. The minimum atomic E-state index is -0.102. The van der Waals surface area contributed by atoms with E-state index in [2.05, 4.69) is 20.8 Å². The van der Waals surface area contributed by atoms with Crippen LogP contribution in [0.15, 0.2) is 22.7 Å². The average Bonchev–Trinajstić information content (AvgIpc) is 2.64. The molecule has 1 aromatic carbocycles. The molecule has 0 saturated carbocycles. The summed E-state index contributed by atoms with van der Waals surface area (Å²) < 4.78 is 6.73. The van der Waals surface area contributed by atoms with Crippen LogP contribution in [0.3, 0.4) is 0 Å². The highest BCUT2D eigenvalue weighted by Gasteiger charge is 2.39. The zero-order valence-electron chi connectivity index (χ0n) is 11.3. The first kappa shape index (κ1) is 14.6. The Hall–Kier alpha value is -0.290. The summed E-state index contributed by atoms with van der Waals surface area (Å²) in [5.74, 6) is 0.832. The van der Waals surface area contributed by atoms with Crippen molar-refractivity contribution >= 4 is 27.5 Å². The molecule has 2 bridgehead atoms. The van der Waals surface area contributed by atoms with E-state index in [1.54, 1.807) is 0 Å². The number of aliphatic hydroxyl groups excluding tert-OH is 1. The Balaban J connectivity index is 1.53. The summed E-state index contributed by atoms with van der Waals surface area (Å²) >= 11 is 9.38. The maximum Gasteiger partial charge on any atom is 0.133 e. The minimum Gasteiger partial charge on any atom is -0.491 e. The molecular weight excluding hydrogens is 342 g/mol. The molecule has 1 aromatic rings. The van der Waals surface area contributed by atoms with E-state index in [1.165, 1.54) is 12.8 Å². The lowest BCUT2D eigenvalue weighted by atomic mass is 10.0. The van der Waals surface area contributed by atoms with Gasteiger partial charge in [-0.05, 0) is 59.8 Å². The van der Waals surface area contributed by atoms with E-state index < -0.39 is 0 Å². The topological polar surface area (TPSA) is 32.7 Å². The van der Waals surface area contributed by atoms with Crippen LogP contribution < -0.4 is 4.74 Å². The molecule has 2 heterocycles. The Morgan fingerprint density at radius 3 is 2.65 bits per heavy atom. The van der Waals surface area contributed by atoms with Crippen LogP contribution >= 0.6 is 27.5 Å². The maximum absolute atomic E-state index is 9.80. The summed E-state index contributed by atoms with van der Waals surface area (Å²) in [6.45, 7) is 1.60. The fourth-order valence-electron chi connectivity index (χ4n) is 3.46. The fourth-order valence-corrected chi connectivity index (χ4v) is 4.26. The first-order valence-electron chi connectivity index (χ1n) is 7.15. The molecule has 110 valence electrons. The van der Waals surface area contributed by atoms with Crippen molar-refractivity contribution < 1.29 is 9.84 Å². The second-order valence-corrected chi connectivity index (χ2v) is 6.96. The summed E-state index contributed by atoms with van der Waals surface area (Å²) in [6, 6.07) is 6.66. The van der Waals surface area contributed by atoms with Gasteiger partial charge in [0.25, 0.3) is 0 Å². The molecular formula is C15H19BrClNO2. The highest BCUT2D eigenvalue weighted by atomic mass is 79.9.